The van der Waals surface area contributed by atoms with E-state index < -0.39 is 10.0 Å². The first-order valence-electron chi connectivity index (χ1n) is 6.95. The lowest BCUT2D eigenvalue weighted by molar-refractivity contribution is -0.115. The highest BCUT2D eigenvalue weighted by molar-refractivity contribution is 7.89. The molecule has 0 fully saturated rings. The molecule has 1 aliphatic heterocycles. The summed E-state index contributed by atoms with van der Waals surface area (Å²) in [5.41, 5.74) is 2.42. The van der Waals surface area contributed by atoms with E-state index in [-0.39, 0.29) is 10.8 Å². The summed E-state index contributed by atoms with van der Waals surface area (Å²) in [5.74, 6) is -0.0141. The van der Waals surface area contributed by atoms with Gasteiger partial charge in [-0.2, -0.15) is 0 Å². The highest BCUT2D eigenvalue weighted by Crippen LogP contribution is 2.31. The standard InChI is InChI=1S/C15H20N2O3S/c1-4-5-11(2)15(18)17-9-8-12-10-13(6-7-14(12)17)21(19,20)16-3/h5-7,10,16H,4,8-9H2,1-3H3/b11-5-. The third-order valence-corrected chi connectivity index (χ3v) is 5.03. The van der Waals surface area contributed by atoms with Gasteiger partial charge in [0.1, 0.15) is 0 Å². The molecule has 1 aromatic rings. The molecule has 1 heterocycles. The molecule has 1 amide bonds. The fourth-order valence-electron chi connectivity index (χ4n) is 2.48. The maximum Gasteiger partial charge on any atom is 0.253 e. The Labute approximate surface area is 125 Å². The lowest BCUT2D eigenvalue weighted by Crippen LogP contribution is -2.29. The van der Waals surface area contributed by atoms with Gasteiger partial charge in [-0.05, 0) is 50.6 Å². The second kappa shape index (κ2) is 5.99. The molecule has 1 aliphatic rings. The minimum absolute atomic E-state index is 0.0141. The van der Waals surface area contributed by atoms with Crippen molar-refractivity contribution in [2.24, 2.45) is 0 Å². The van der Waals surface area contributed by atoms with Crippen molar-refractivity contribution in [3.8, 4) is 0 Å². The van der Waals surface area contributed by atoms with Crippen molar-refractivity contribution < 1.29 is 13.2 Å². The first-order valence-corrected chi connectivity index (χ1v) is 8.44. The molecule has 0 radical (unpaired) electrons. The van der Waals surface area contributed by atoms with Crippen LogP contribution in [-0.4, -0.2) is 27.9 Å². The highest BCUT2D eigenvalue weighted by Gasteiger charge is 2.26. The van der Waals surface area contributed by atoms with Gasteiger partial charge in [-0.1, -0.05) is 13.0 Å². The maximum atomic E-state index is 12.4. The molecule has 0 saturated heterocycles. The van der Waals surface area contributed by atoms with Crippen molar-refractivity contribution in [1.82, 2.24) is 4.72 Å². The number of amides is 1. The molecule has 21 heavy (non-hydrogen) atoms. The van der Waals surface area contributed by atoms with Crippen LogP contribution in [0.1, 0.15) is 25.8 Å². The average molecular weight is 308 g/mol. The van der Waals surface area contributed by atoms with Crippen LogP contribution < -0.4 is 9.62 Å². The van der Waals surface area contributed by atoms with Crippen LogP contribution in [0, 0.1) is 0 Å². The van der Waals surface area contributed by atoms with E-state index in [0.29, 0.717) is 13.0 Å². The van der Waals surface area contributed by atoms with Gasteiger partial charge >= 0.3 is 0 Å². The molecular weight excluding hydrogens is 288 g/mol. The highest BCUT2D eigenvalue weighted by atomic mass is 32.2. The van der Waals surface area contributed by atoms with Crippen LogP contribution in [0.25, 0.3) is 0 Å². The van der Waals surface area contributed by atoms with Crippen molar-refractivity contribution in [1.29, 1.82) is 0 Å². The Morgan fingerprint density at radius 3 is 2.76 bits per heavy atom. The number of sulfonamides is 1. The molecule has 0 aliphatic carbocycles. The normalized spacial score (nSPS) is 15.2. The molecule has 1 N–H and O–H groups in total. The van der Waals surface area contributed by atoms with Crippen molar-refractivity contribution in [3.05, 3.63) is 35.4 Å². The van der Waals surface area contributed by atoms with Gasteiger partial charge in [0.05, 0.1) is 4.90 Å². The van der Waals surface area contributed by atoms with E-state index >= 15 is 0 Å². The molecule has 1 aromatic carbocycles. The van der Waals surface area contributed by atoms with Crippen molar-refractivity contribution in [2.75, 3.05) is 18.5 Å². The van der Waals surface area contributed by atoms with E-state index in [1.54, 1.807) is 17.0 Å². The summed E-state index contributed by atoms with van der Waals surface area (Å²) in [6.45, 7) is 4.39. The van der Waals surface area contributed by atoms with Gasteiger partial charge in [0, 0.05) is 17.8 Å². The molecule has 114 valence electrons. The van der Waals surface area contributed by atoms with Crippen LogP contribution in [0.3, 0.4) is 0 Å². The third kappa shape index (κ3) is 3.01. The van der Waals surface area contributed by atoms with Crippen molar-refractivity contribution in [3.63, 3.8) is 0 Å². The zero-order valence-electron chi connectivity index (χ0n) is 12.5. The van der Waals surface area contributed by atoms with Crippen LogP contribution in [0.15, 0.2) is 34.7 Å². The van der Waals surface area contributed by atoms with E-state index in [0.717, 1.165) is 23.2 Å². The monoisotopic (exact) mass is 308 g/mol. The van der Waals surface area contributed by atoms with Gasteiger partial charge in [-0.15, -0.1) is 0 Å². The number of rotatable bonds is 4. The fraction of sp³-hybridized carbons (Fsp3) is 0.400. The smallest absolute Gasteiger partial charge is 0.253 e. The number of fused-ring (bicyclic) bond motifs is 1. The molecule has 0 spiro atoms. The predicted octanol–water partition coefficient (Wildman–Crippen LogP) is 1.84. The van der Waals surface area contributed by atoms with Crippen molar-refractivity contribution in [2.45, 2.75) is 31.6 Å². The van der Waals surface area contributed by atoms with E-state index in [2.05, 4.69) is 4.72 Å². The Bertz CT molecular complexity index is 693. The number of nitrogens with one attached hydrogen (secondary N) is 1. The zero-order valence-corrected chi connectivity index (χ0v) is 13.3. The molecule has 0 aromatic heterocycles. The second-order valence-electron chi connectivity index (χ2n) is 5.00. The number of carbonyl (C=O) groups is 1. The summed E-state index contributed by atoms with van der Waals surface area (Å²) in [5, 5.41) is 0. The Morgan fingerprint density at radius 2 is 2.14 bits per heavy atom. The molecular formula is C15H20N2O3S. The number of benzene rings is 1. The molecule has 0 unspecified atom stereocenters. The Hall–Kier alpha value is -1.66. The summed E-state index contributed by atoms with van der Waals surface area (Å²) >= 11 is 0. The van der Waals surface area contributed by atoms with Gasteiger partial charge < -0.3 is 4.90 Å². The number of allylic oxidation sites excluding steroid dienone is 1. The molecule has 5 nitrogen and oxygen atoms in total. The van der Waals surface area contributed by atoms with Gasteiger partial charge in [-0.3, -0.25) is 4.79 Å². The maximum absolute atomic E-state index is 12.4. The van der Waals surface area contributed by atoms with Crippen LogP contribution >= 0.6 is 0 Å². The fourth-order valence-corrected chi connectivity index (χ4v) is 3.26. The third-order valence-electron chi connectivity index (χ3n) is 3.62. The van der Waals surface area contributed by atoms with E-state index in [9.17, 15) is 13.2 Å². The molecule has 2 rings (SSSR count). The lowest BCUT2D eigenvalue weighted by Gasteiger charge is -2.18. The largest absolute Gasteiger partial charge is 0.308 e. The molecule has 0 bridgehead atoms. The first-order chi connectivity index (χ1) is 9.90. The van der Waals surface area contributed by atoms with Gasteiger partial charge in [0.15, 0.2) is 0 Å². The number of carbonyl (C=O) groups excluding carboxylic acids is 1. The Balaban J connectivity index is 2.35. The number of hydrogen-bond donors (Lipinski definition) is 1. The summed E-state index contributed by atoms with van der Waals surface area (Å²) in [6.07, 6.45) is 3.39. The summed E-state index contributed by atoms with van der Waals surface area (Å²) < 4.78 is 25.9. The number of nitrogens with zero attached hydrogens (tertiary/aromatic N) is 1. The van der Waals surface area contributed by atoms with Crippen LogP contribution in [0.5, 0.6) is 0 Å². The minimum atomic E-state index is -3.45. The topological polar surface area (TPSA) is 66.5 Å². The summed E-state index contributed by atoms with van der Waals surface area (Å²) in [4.78, 5) is 14.3. The van der Waals surface area contributed by atoms with Crippen LogP contribution in [0.4, 0.5) is 5.69 Å². The Morgan fingerprint density at radius 1 is 1.43 bits per heavy atom. The van der Waals surface area contributed by atoms with E-state index in [1.165, 1.54) is 13.1 Å². The zero-order chi connectivity index (χ0) is 15.6. The number of hydrogen-bond acceptors (Lipinski definition) is 3. The Kier molecular flexibility index (Phi) is 4.49. The SMILES string of the molecule is CC/C=C(/C)C(=O)N1CCc2cc(S(=O)(=O)NC)ccc21. The van der Waals surface area contributed by atoms with Gasteiger partial charge in [0.25, 0.3) is 5.91 Å². The van der Waals surface area contributed by atoms with Crippen LogP contribution in [0.2, 0.25) is 0 Å². The van der Waals surface area contributed by atoms with Gasteiger partial charge in [0.2, 0.25) is 10.0 Å². The van der Waals surface area contributed by atoms with Crippen LogP contribution in [-0.2, 0) is 21.2 Å². The molecule has 6 heteroatoms. The lowest BCUT2D eigenvalue weighted by atomic mass is 10.1. The van der Waals surface area contributed by atoms with Gasteiger partial charge in [-0.25, -0.2) is 13.1 Å². The second-order valence-corrected chi connectivity index (χ2v) is 6.89. The van der Waals surface area contributed by atoms with E-state index in [4.69, 9.17) is 0 Å². The van der Waals surface area contributed by atoms with Crippen molar-refractivity contribution >= 4 is 21.6 Å². The first kappa shape index (κ1) is 15.7. The average Bonchev–Trinajstić information content (AvgIpc) is 2.89. The number of anilines is 1. The van der Waals surface area contributed by atoms with E-state index in [1.807, 2.05) is 19.9 Å². The minimum Gasteiger partial charge on any atom is -0.308 e. The molecule has 0 saturated carbocycles. The predicted molar refractivity (Wildman–Crippen MR) is 82.8 cm³/mol. The summed E-state index contributed by atoms with van der Waals surface area (Å²) in [7, 11) is -2.06. The molecule has 0 atom stereocenters. The quantitative estimate of drug-likeness (QED) is 0.863. The summed E-state index contributed by atoms with van der Waals surface area (Å²) in [6, 6.07) is 4.89.